The van der Waals surface area contributed by atoms with Crippen molar-refractivity contribution < 1.29 is 27.6 Å². The van der Waals surface area contributed by atoms with Crippen LogP contribution in [0.3, 0.4) is 0 Å². The largest absolute Gasteiger partial charge is 0.417 e. The number of carbonyl (C=O) groups is 3. The van der Waals surface area contributed by atoms with Crippen LogP contribution in [-0.4, -0.2) is 17.7 Å². The first-order valence-corrected chi connectivity index (χ1v) is 11.7. The van der Waals surface area contributed by atoms with Crippen LogP contribution in [0.1, 0.15) is 15.9 Å². The number of alkyl halides is 3. The van der Waals surface area contributed by atoms with E-state index in [9.17, 15) is 27.6 Å². The number of nitrogens with one attached hydrogen (secondary N) is 2. The first-order valence-electron chi connectivity index (χ1n) is 10.2. The lowest BCUT2D eigenvalue weighted by Gasteiger charge is -2.17. The fraction of sp³-hybridized carbons (Fsp3) is 0.0417. The van der Waals surface area contributed by atoms with Gasteiger partial charge in [-0.15, -0.1) is 0 Å². The molecule has 190 valence electrons. The van der Waals surface area contributed by atoms with Gasteiger partial charge in [-0.25, -0.2) is 4.90 Å². The molecular formula is C24H12Cl4F3N3O3. The average molecular weight is 589 g/mol. The highest BCUT2D eigenvalue weighted by Crippen LogP contribution is 2.37. The number of hydrogen-bond acceptors (Lipinski definition) is 4. The number of carbonyl (C=O) groups excluding carboxylic acids is 3. The van der Waals surface area contributed by atoms with E-state index >= 15 is 0 Å². The molecule has 1 aliphatic rings. The molecule has 2 N–H and O–H groups in total. The highest BCUT2D eigenvalue weighted by Gasteiger charge is 2.40. The Balaban J connectivity index is 1.55. The lowest BCUT2D eigenvalue weighted by molar-refractivity contribution is -0.137. The van der Waals surface area contributed by atoms with E-state index in [4.69, 9.17) is 46.4 Å². The molecule has 3 amide bonds. The molecule has 13 heteroatoms. The van der Waals surface area contributed by atoms with Gasteiger partial charge in [0.2, 0.25) is 0 Å². The Kier molecular flexibility index (Phi) is 7.43. The molecular weight excluding hydrogens is 577 g/mol. The van der Waals surface area contributed by atoms with Crippen LogP contribution in [-0.2, 0) is 15.8 Å². The van der Waals surface area contributed by atoms with Crippen molar-refractivity contribution in [3.05, 3.63) is 97.6 Å². The van der Waals surface area contributed by atoms with Crippen molar-refractivity contribution in [1.29, 1.82) is 0 Å². The molecule has 0 fully saturated rings. The molecule has 6 nitrogen and oxygen atoms in total. The number of nitrogens with zero attached hydrogens (tertiary/aromatic N) is 1. The number of amides is 3. The normalized spacial score (nSPS) is 13.9. The second kappa shape index (κ2) is 10.3. The molecule has 0 bridgehead atoms. The molecule has 37 heavy (non-hydrogen) atoms. The Bertz CT molecular complexity index is 1490. The number of halogens is 7. The zero-order valence-electron chi connectivity index (χ0n) is 18.1. The summed E-state index contributed by atoms with van der Waals surface area (Å²) in [5.41, 5.74) is -1.22. The van der Waals surface area contributed by atoms with Crippen molar-refractivity contribution in [1.82, 2.24) is 0 Å². The molecule has 0 aromatic heterocycles. The third-order valence-electron chi connectivity index (χ3n) is 5.10. The lowest BCUT2D eigenvalue weighted by Crippen LogP contribution is -2.32. The van der Waals surface area contributed by atoms with Gasteiger partial charge in [-0.3, -0.25) is 14.4 Å². The summed E-state index contributed by atoms with van der Waals surface area (Å²) in [7, 11) is 0. The third-order valence-corrected chi connectivity index (χ3v) is 6.34. The number of imide groups is 1. The Hall–Kier alpha value is -3.24. The molecule has 3 aromatic carbocycles. The highest BCUT2D eigenvalue weighted by atomic mass is 35.5. The maximum Gasteiger partial charge on any atom is 0.417 e. The van der Waals surface area contributed by atoms with Crippen LogP contribution < -0.4 is 15.5 Å². The van der Waals surface area contributed by atoms with Crippen LogP contribution in [0.2, 0.25) is 15.1 Å². The molecule has 0 saturated heterocycles. The zero-order chi connectivity index (χ0) is 27.1. The summed E-state index contributed by atoms with van der Waals surface area (Å²) in [6.07, 6.45) is -4.71. The van der Waals surface area contributed by atoms with Crippen molar-refractivity contribution in [2.45, 2.75) is 6.18 Å². The second-order valence-corrected chi connectivity index (χ2v) is 9.21. The average Bonchev–Trinajstić information content (AvgIpc) is 3.04. The van der Waals surface area contributed by atoms with Crippen molar-refractivity contribution >= 4 is 81.2 Å². The van der Waals surface area contributed by atoms with Gasteiger partial charge in [0.25, 0.3) is 17.7 Å². The van der Waals surface area contributed by atoms with Crippen molar-refractivity contribution in [2.75, 3.05) is 15.5 Å². The van der Waals surface area contributed by atoms with Gasteiger partial charge >= 0.3 is 6.18 Å². The van der Waals surface area contributed by atoms with Crippen LogP contribution in [0.5, 0.6) is 0 Å². The van der Waals surface area contributed by atoms with E-state index in [1.165, 1.54) is 48.5 Å². The molecule has 0 radical (unpaired) electrons. The summed E-state index contributed by atoms with van der Waals surface area (Å²) in [6, 6.07) is 12.9. The number of benzene rings is 3. The quantitative estimate of drug-likeness (QED) is 0.305. The maximum atomic E-state index is 13.1. The van der Waals surface area contributed by atoms with Crippen molar-refractivity contribution in [3.63, 3.8) is 0 Å². The molecule has 3 aromatic rings. The molecule has 0 spiro atoms. The monoisotopic (exact) mass is 587 g/mol. The summed E-state index contributed by atoms with van der Waals surface area (Å²) in [5, 5.41) is 4.47. The van der Waals surface area contributed by atoms with Crippen molar-refractivity contribution in [3.8, 4) is 0 Å². The predicted molar refractivity (Wildman–Crippen MR) is 136 cm³/mol. The van der Waals surface area contributed by atoms with Crippen LogP contribution >= 0.6 is 46.4 Å². The smallest absolute Gasteiger partial charge is 0.350 e. The maximum absolute atomic E-state index is 13.1. The van der Waals surface area contributed by atoms with E-state index in [1.54, 1.807) is 0 Å². The minimum Gasteiger partial charge on any atom is -0.350 e. The first kappa shape index (κ1) is 26.8. The van der Waals surface area contributed by atoms with Crippen molar-refractivity contribution in [2.24, 2.45) is 0 Å². The third kappa shape index (κ3) is 5.55. The Morgan fingerprint density at radius 2 is 1.51 bits per heavy atom. The molecule has 1 heterocycles. The summed E-state index contributed by atoms with van der Waals surface area (Å²) >= 11 is 23.8. The highest BCUT2D eigenvalue weighted by molar-refractivity contribution is 6.54. The van der Waals surface area contributed by atoms with Crippen LogP contribution in [0.25, 0.3) is 0 Å². The Morgan fingerprint density at radius 1 is 0.811 bits per heavy atom. The van der Waals surface area contributed by atoms with E-state index in [0.29, 0.717) is 6.07 Å². The standard InChI is InChI=1S/C24H12Cl4F3N3O3/c25-12-4-6-17(27)18(9-12)34-22(36)19(28)20(23(34)37)32-13-3-1-2-11(8-13)21(35)33-14-5-7-16(26)15(10-14)24(29,30)31/h1-10,32H,(H,33,35). The first-order chi connectivity index (χ1) is 17.4. The molecule has 0 saturated carbocycles. The van der Waals surface area contributed by atoms with Gasteiger partial charge in [-0.05, 0) is 54.6 Å². The molecule has 0 aliphatic carbocycles. The second-order valence-electron chi connectivity index (χ2n) is 7.58. The Morgan fingerprint density at radius 3 is 2.22 bits per heavy atom. The predicted octanol–water partition coefficient (Wildman–Crippen LogP) is 7.35. The summed E-state index contributed by atoms with van der Waals surface area (Å²) in [4.78, 5) is 39.2. The van der Waals surface area contributed by atoms with Gasteiger partial charge < -0.3 is 10.6 Å². The fourth-order valence-electron chi connectivity index (χ4n) is 3.39. The summed E-state index contributed by atoms with van der Waals surface area (Å²) in [5.74, 6) is -2.38. The fourth-order valence-corrected chi connectivity index (χ4v) is 4.20. The summed E-state index contributed by atoms with van der Waals surface area (Å²) in [6.45, 7) is 0. The van der Waals surface area contributed by atoms with Gasteiger partial charge in [0.1, 0.15) is 10.7 Å². The molecule has 0 unspecified atom stereocenters. The Labute approximate surface area is 227 Å². The van der Waals surface area contributed by atoms with Gasteiger partial charge in [-0.1, -0.05) is 52.5 Å². The van der Waals surface area contributed by atoms with Gasteiger partial charge in [0.15, 0.2) is 0 Å². The number of hydrogen-bond donors (Lipinski definition) is 2. The minimum absolute atomic E-state index is 0.0356. The van der Waals surface area contributed by atoms with Crippen LogP contribution in [0, 0.1) is 0 Å². The van der Waals surface area contributed by atoms with E-state index in [1.807, 2.05) is 0 Å². The number of rotatable bonds is 5. The van der Waals surface area contributed by atoms with Crippen LogP contribution in [0.15, 0.2) is 71.4 Å². The topological polar surface area (TPSA) is 78.5 Å². The SMILES string of the molecule is O=C(Nc1ccc(Cl)c(C(F)(F)F)c1)c1cccc(NC2=C(Cl)C(=O)N(c3cc(Cl)ccc3Cl)C2=O)c1. The number of anilines is 3. The van der Waals surface area contributed by atoms with Gasteiger partial charge in [-0.2, -0.15) is 13.2 Å². The van der Waals surface area contributed by atoms with E-state index in [2.05, 4.69) is 10.6 Å². The van der Waals surface area contributed by atoms with E-state index in [-0.39, 0.29) is 38.4 Å². The molecule has 0 atom stereocenters. The zero-order valence-corrected chi connectivity index (χ0v) is 21.1. The minimum atomic E-state index is -4.71. The van der Waals surface area contributed by atoms with E-state index in [0.717, 1.165) is 11.0 Å². The molecule has 1 aliphatic heterocycles. The summed E-state index contributed by atoms with van der Waals surface area (Å²) < 4.78 is 39.3. The van der Waals surface area contributed by atoms with Crippen LogP contribution in [0.4, 0.5) is 30.2 Å². The lowest BCUT2D eigenvalue weighted by atomic mass is 10.1. The van der Waals surface area contributed by atoms with Gasteiger partial charge in [0, 0.05) is 22.0 Å². The van der Waals surface area contributed by atoms with E-state index < -0.39 is 39.5 Å². The van der Waals surface area contributed by atoms with Gasteiger partial charge in [0.05, 0.1) is 21.3 Å². The molecule has 4 rings (SSSR count).